The lowest BCUT2D eigenvalue weighted by Gasteiger charge is -2.34. The lowest BCUT2D eigenvalue weighted by atomic mass is 9.83. The minimum Gasteiger partial charge on any atom is -0.308 e. The topological polar surface area (TPSA) is 42.2 Å². The summed E-state index contributed by atoms with van der Waals surface area (Å²) in [5.41, 5.74) is 1.62. The molecular formula is C14H20N4S. The minimum absolute atomic E-state index is 0.233. The first-order chi connectivity index (χ1) is 9.04. The summed E-state index contributed by atoms with van der Waals surface area (Å²) < 4.78 is 2.12. The number of fused-ring (bicyclic) bond motifs is 3. The molecule has 2 aliphatic rings. The fraction of sp³-hybridized carbons (Fsp3) is 0.714. The van der Waals surface area contributed by atoms with Crippen molar-refractivity contribution >= 4 is 16.3 Å². The Labute approximate surface area is 117 Å². The van der Waals surface area contributed by atoms with Crippen LogP contribution in [0.15, 0.2) is 0 Å². The van der Waals surface area contributed by atoms with E-state index in [4.69, 9.17) is 10.1 Å². The molecule has 1 N–H and O–H groups in total. The molecular weight excluding hydrogens is 256 g/mol. The van der Waals surface area contributed by atoms with E-state index in [1.54, 1.807) is 0 Å². The van der Waals surface area contributed by atoms with Gasteiger partial charge in [-0.2, -0.15) is 5.10 Å². The molecule has 4 nitrogen and oxygen atoms in total. The summed E-state index contributed by atoms with van der Waals surface area (Å²) in [5, 5.41) is 8.41. The van der Waals surface area contributed by atoms with E-state index in [2.05, 4.69) is 30.6 Å². The van der Waals surface area contributed by atoms with Crippen molar-refractivity contribution in [3.63, 3.8) is 0 Å². The number of thiazole rings is 1. The molecule has 2 aromatic rings. The zero-order valence-electron chi connectivity index (χ0n) is 11.7. The van der Waals surface area contributed by atoms with Gasteiger partial charge in [0.2, 0.25) is 4.96 Å². The van der Waals surface area contributed by atoms with Gasteiger partial charge in [0.05, 0.1) is 5.69 Å². The maximum Gasteiger partial charge on any atom is 0.212 e. The summed E-state index contributed by atoms with van der Waals surface area (Å²) in [5.74, 6) is 1.71. The van der Waals surface area contributed by atoms with Gasteiger partial charge in [-0.25, -0.2) is 9.50 Å². The molecule has 1 atom stereocenters. The molecule has 3 heterocycles. The van der Waals surface area contributed by atoms with Crippen molar-refractivity contribution in [2.75, 3.05) is 6.54 Å². The van der Waals surface area contributed by atoms with Crippen molar-refractivity contribution in [2.24, 2.45) is 5.41 Å². The van der Waals surface area contributed by atoms with Gasteiger partial charge >= 0.3 is 0 Å². The smallest absolute Gasteiger partial charge is 0.212 e. The monoisotopic (exact) mass is 276 g/mol. The molecule has 0 radical (unpaired) electrons. The molecule has 1 aliphatic carbocycles. The third-order valence-electron chi connectivity index (χ3n) is 4.12. The van der Waals surface area contributed by atoms with E-state index in [9.17, 15) is 0 Å². The molecule has 0 aromatic carbocycles. The van der Waals surface area contributed by atoms with E-state index in [-0.39, 0.29) is 5.41 Å². The van der Waals surface area contributed by atoms with Gasteiger partial charge < -0.3 is 5.32 Å². The molecule has 19 heavy (non-hydrogen) atoms. The van der Waals surface area contributed by atoms with Crippen LogP contribution >= 0.6 is 11.3 Å². The Morgan fingerprint density at radius 2 is 2.11 bits per heavy atom. The van der Waals surface area contributed by atoms with Crippen molar-refractivity contribution in [1.82, 2.24) is 19.9 Å². The predicted octanol–water partition coefficient (Wildman–Crippen LogP) is 2.90. The van der Waals surface area contributed by atoms with Crippen LogP contribution in [0.4, 0.5) is 0 Å². The summed E-state index contributed by atoms with van der Waals surface area (Å²) in [6.45, 7) is 7.93. The number of hydrogen-bond donors (Lipinski definition) is 1. The Bertz CT molecular complexity index is 630. The average Bonchev–Trinajstić information content (AvgIpc) is 3.01. The Balaban J connectivity index is 1.83. The van der Waals surface area contributed by atoms with Crippen LogP contribution in [0.1, 0.15) is 62.0 Å². The molecule has 1 saturated carbocycles. The zero-order chi connectivity index (χ0) is 13.2. The number of nitrogens with zero attached hydrogens (tertiary/aromatic N) is 3. The first kappa shape index (κ1) is 11.9. The number of rotatable bonds is 1. The highest BCUT2D eigenvalue weighted by molar-refractivity contribution is 7.17. The van der Waals surface area contributed by atoms with Gasteiger partial charge in [-0.1, -0.05) is 32.1 Å². The Morgan fingerprint density at radius 1 is 1.32 bits per heavy atom. The molecule has 1 aliphatic heterocycles. The summed E-state index contributed by atoms with van der Waals surface area (Å²) >= 11 is 1.83. The Morgan fingerprint density at radius 3 is 2.79 bits per heavy atom. The molecule has 0 saturated heterocycles. The van der Waals surface area contributed by atoms with Crippen molar-refractivity contribution in [3.8, 4) is 0 Å². The van der Waals surface area contributed by atoms with Crippen molar-refractivity contribution in [2.45, 2.75) is 52.0 Å². The van der Waals surface area contributed by atoms with Crippen LogP contribution in [0.25, 0.3) is 4.96 Å². The molecule has 102 valence electrons. The highest BCUT2D eigenvalue weighted by atomic mass is 32.1. The average molecular weight is 276 g/mol. The van der Waals surface area contributed by atoms with Gasteiger partial charge in [0.25, 0.3) is 0 Å². The largest absolute Gasteiger partial charge is 0.308 e. The Kier molecular flexibility index (Phi) is 2.37. The van der Waals surface area contributed by atoms with Gasteiger partial charge in [-0.05, 0) is 18.3 Å². The number of aromatic nitrogens is 3. The number of hydrogen-bond acceptors (Lipinski definition) is 4. The fourth-order valence-electron chi connectivity index (χ4n) is 2.91. The van der Waals surface area contributed by atoms with Gasteiger partial charge in [-0.15, -0.1) is 0 Å². The molecule has 5 heteroatoms. The first-order valence-corrected chi connectivity index (χ1v) is 7.97. The maximum atomic E-state index is 4.75. The molecule has 0 spiro atoms. The summed E-state index contributed by atoms with van der Waals surface area (Å²) in [6.07, 6.45) is 3.60. The highest BCUT2D eigenvalue weighted by Gasteiger charge is 2.35. The molecule has 4 rings (SSSR count). The molecule has 1 fully saturated rings. The van der Waals surface area contributed by atoms with Crippen LogP contribution in [0.3, 0.4) is 0 Å². The van der Waals surface area contributed by atoms with Gasteiger partial charge in [0.15, 0.2) is 5.82 Å². The van der Waals surface area contributed by atoms with Crippen LogP contribution in [-0.2, 0) is 6.42 Å². The third-order valence-corrected chi connectivity index (χ3v) is 5.25. The normalized spacial score (nSPS) is 23.8. The second-order valence-corrected chi connectivity index (χ2v) is 7.86. The molecule has 1 unspecified atom stereocenters. The van der Waals surface area contributed by atoms with Gasteiger partial charge in [0, 0.05) is 29.8 Å². The van der Waals surface area contributed by atoms with Gasteiger partial charge in [0.1, 0.15) is 0 Å². The lowest BCUT2D eigenvalue weighted by molar-refractivity contribution is 0.266. The molecule has 0 amide bonds. The Hall–Kier alpha value is -0.940. The highest BCUT2D eigenvalue weighted by Crippen LogP contribution is 2.43. The SMILES string of the molecule is CC(C)(C)C1NCCc2c1sc1nc(C3CC3)nn21. The second-order valence-electron chi connectivity index (χ2n) is 6.85. The first-order valence-electron chi connectivity index (χ1n) is 7.15. The van der Waals surface area contributed by atoms with Crippen molar-refractivity contribution in [1.29, 1.82) is 0 Å². The lowest BCUT2D eigenvalue weighted by Crippen LogP contribution is -2.37. The van der Waals surface area contributed by atoms with E-state index < -0.39 is 0 Å². The van der Waals surface area contributed by atoms with E-state index in [1.165, 1.54) is 23.4 Å². The van der Waals surface area contributed by atoms with E-state index in [0.717, 1.165) is 23.8 Å². The van der Waals surface area contributed by atoms with Crippen LogP contribution in [0, 0.1) is 5.41 Å². The van der Waals surface area contributed by atoms with E-state index in [1.807, 2.05) is 11.3 Å². The van der Waals surface area contributed by atoms with Crippen LogP contribution in [0.2, 0.25) is 0 Å². The fourth-order valence-corrected chi connectivity index (χ4v) is 4.35. The summed E-state index contributed by atoms with van der Waals surface area (Å²) in [6, 6.07) is 0.425. The summed E-state index contributed by atoms with van der Waals surface area (Å²) in [7, 11) is 0. The summed E-state index contributed by atoms with van der Waals surface area (Å²) in [4.78, 5) is 7.27. The van der Waals surface area contributed by atoms with Gasteiger partial charge in [-0.3, -0.25) is 0 Å². The van der Waals surface area contributed by atoms with Crippen LogP contribution in [-0.4, -0.2) is 21.1 Å². The predicted molar refractivity (Wildman–Crippen MR) is 76.7 cm³/mol. The van der Waals surface area contributed by atoms with E-state index in [0.29, 0.717) is 12.0 Å². The van der Waals surface area contributed by atoms with Crippen LogP contribution < -0.4 is 5.32 Å². The minimum atomic E-state index is 0.233. The zero-order valence-corrected chi connectivity index (χ0v) is 12.5. The third kappa shape index (κ3) is 1.82. The standard InChI is InChI=1S/C14H20N4S/c1-14(2,3)11-10-9(6-7-15-11)18-13(19-10)16-12(17-18)8-4-5-8/h8,11,15H,4-7H2,1-3H3. The molecule has 0 bridgehead atoms. The molecule has 2 aromatic heterocycles. The van der Waals surface area contributed by atoms with Crippen molar-refractivity contribution in [3.05, 3.63) is 16.4 Å². The van der Waals surface area contributed by atoms with Crippen LogP contribution in [0.5, 0.6) is 0 Å². The van der Waals surface area contributed by atoms with Crippen molar-refractivity contribution < 1.29 is 0 Å². The second kappa shape index (κ2) is 3.79. The van der Waals surface area contributed by atoms with E-state index >= 15 is 0 Å². The quantitative estimate of drug-likeness (QED) is 0.871. The number of nitrogens with one attached hydrogen (secondary N) is 1. The maximum absolute atomic E-state index is 4.75.